The highest BCUT2D eigenvalue weighted by Crippen LogP contribution is 2.14. The predicted octanol–water partition coefficient (Wildman–Crippen LogP) is 1.78. The molecule has 1 atom stereocenters. The van der Waals surface area contributed by atoms with E-state index in [-0.39, 0.29) is 0 Å². The number of nitrogens with zero attached hydrogens (tertiary/aromatic N) is 1. The van der Waals surface area contributed by atoms with Crippen LogP contribution in [0.1, 0.15) is 17.2 Å². The molecule has 1 rings (SSSR count). The predicted molar refractivity (Wildman–Crippen MR) is 46.3 cm³/mol. The van der Waals surface area contributed by atoms with Crippen LogP contribution in [0.2, 0.25) is 0 Å². The molecule has 1 aromatic rings. The second-order valence-corrected chi connectivity index (χ2v) is 2.42. The van der Waals surface area contributed by atoms with Crippen LogP contribution in [0.25, 0.3) is 0 Å². The summed E-state index contributed by atoms with van der Waals surface area (Å²) in [6, 6.07) is 8.83. The van der Waals surface area contributed by atoms with Gasteiger partial charge in [0.05, 0.1) is 17.7 Å². The van der Waals surface area contributed by atoms with Crippen molar-refractivity contribution in [3.63, 3.8) is 0 Å². The van der Waals surface area contributed by atoms with E-state index in [0.29, 0.717) is 11.1 Å². The van der Waals surface area contributed by atoms with Crippen LogP contribution in [0, 0.1) is 11.3 Å². The summed E-state index contributed by atoms with van der Waals surface area (Å²) in [6.07, 6.45) is 0.745. The largest absolute Gasteiger partial charge is 0.384 e. The van der Waals surface area contributed by atoms with Crippen LogP contribution in [-0.4, -0.2) is 5.11 Å². The summed E-state index contributed by atoms with van der Waals surface area (Å²) in [5.74, 6) is 0. The molecule has 12 heavy (non-hydrogen) atoms. The molecule has 0 spiro atoms. The van der Waals surface area contributed by atoms with Gasteiger partial charge in [-0.1, -0.05) is 18.2 Å². The van der Waals surface area contributed by atoms with Gasteiger partial charge in [0, 0.05) is 0 Å². The van der Waals surface area contributed by atoms with Crippen LogP contribution in [0.4, 0.5) is 0 Å². The first-order valence-electron chi connectivity index (χ1n) is 3.58. The molecule has 0 saturated carbocycles. The number of rotatable bonds is 2. The van der Waals surface area contributed by atoms with Crippen molar-refractivity contribution in [2.75, 3.05) is 0 Å². The molecule has 0 amide bonds. The van der Waals surface area contributed by atoms with Gasteiger partial charge in [-0.3, -0.25) is 0 Å². The Morgan fingerprint density at radius 2 is 2.33 bits per heavy atom. The fraction of sp³-hybridized carbons (Fsp3) is 0.100. The number of benzene rings is 1. The molecule has 1 unspecified atom stereocenters. The van der Waals surface area contributed by atoms with E-state index in [1.54, 1.807) is 24.3 Å². The lowest BCUT2D eigenvalue weighted by Gasteiger charge is -2.04. The Bertz CT molecular complexity index is 325. The number of hydrogen-bond donors (Lipinski definition) is 1. The Morgan fingerprint density at radius 1 is 1.58 bits per heavy atom. The van der Waals surface area contributed by atoms with E-state index >= 15 is 0 Å². The van der Waals surface area contributed by atoms with Gasteiger partial charge in [-0.15, -0.1) is 6.58 Å². The zero-order chi connectivity index (χ0) is 8.97. The van der Waals surface area contributed by atoms with Gasteiger partial charge in [0.2, 0.25) is 0 Å². The van der Waals surface area contributed by atoms with Gasteiger partial charge in [-0.05, 0) is 17.7 Å². The highest BCUT2D eigenvalue weighted by atomic mass is 16.3. The van der Waals surface area contributed by atoms with Crippen LogP contribution < -0.4 is 0 Å². The summed E-state index contributed by atoms with van der Waals surface area (Å²) in [4.78, 5) is 0. The second kappa shape index (κ2) is 3.70. The number of aliphatic hydroxyl groups is 1. The van der Waals surface area contributed by atoms with Crippen LogP contribution in [0.15, 0.2) is 36.9 Å². The molecular formula is C10H9NO. The molecule has 0 aliphatic carbocycles. The van der Waals surface area contributed by atoms with Crippen LogP contribution in [-0.2, 0) is 0 Å². The summed E-state index contributed by atoms with van der Waals surface area (Å²) in [5, 5.41) is 17.9. The van der Waals surface area contributed by atoms with Crippen molar-refractivity contribution in [1.29, 1.82) is 5.26 Å². The first-order chi connectivity index (χ1) is 5.77. The lowest BCUT2D eigenvalue weighted by molar-refractivity contribution is 0.229. The third-order valence-corrected chi connectivity index (χ3v) is 1.58. The van der Waals surface area contributed by atoms with Crippen LogP contribution >= 0.6 is 0 Å². The fourth-order valence-electron chi connectivity index (χ4n) is 0.928. The third-order valence-electron chi connectivity index (χ3n) is 1.58. The number of hydrogen-bond acceptors (Lipinski definition) is 2. The number of aliphatic hydroxyl groups excluding tert-OH is 1. The molecule has 0 fully saturated rings. The van der Waals surface area contributed by atoms with E-state index in [1.807, 2.05) is 6.07 Å². The molecule has 0 radical (unpaired) electrons. The monoisotopic (exact) mass is 159 g/mol. The average Bonchev–Trinajstić information content (AvgIpc) is 2.17. The minimum atomic E-state index is -0.682. The molecule has 0 aromatic heterocycles. The van der Waals surface area contributed by atoms with E-state index < -0.39 is 6.10 Å². The number of nitriles is 1. The molecule has 2 heteroatoms. The molecule has 0 aliphatic heterocycles. The van der Waals surface area contributed by atoms with Crippen molar-refractivity contribution in [3.05, 3.63) is 48.0 Å². The average molecular weight is 159 g/mol. The lowest BCUT2D eigenvalue weighted by Crippen LogP contribution is -1.92. The van der Waals surface area contributed by atoms with Crippen molar-refractivity contribution < 1.29 is 5.11 Å². The normalized spacial score (nSPS) is 11.7. The fourth-order valence-corrected chi connectivity index (χ4v) is 0.928. The van der Waals surface area contributed by atoms with Gasteiger partial charge in [0.25, 0.3) is 0 Å². The standard InChI is InChI=1S/C10H9NO/c1-2-10(12)9-5-3-4-8(6-9)7-11/h2-6,10,12H,1H2. The van der Waals surface area contributed by atoms with Crippen molar-refractivity contribution in [1.82, 2.24) is 0 Å². The van der Waals surface area contributed by atoms with E-state index in [0.717, 1.165) is 0 Å². The lowest BCUT2D eigenvalue weighted by atomic mass is 10.1. The molecule has 0 heterocycles. The van der Waals surface area contributed by atoms with Crippen LogP contribution in [0.5, 0.6) is 0 Å². The molecule has 60 valence electrons. The Morgan fingerprint density at radius 3 is 2.92 bits per heavy atom. The first-order valence-corrected chi connectivity index (χ1v) is 3.58. The molecule has 0 saturated heterocycles. The summed E-state index contributed by atoms with van der Waals surface area (Å²) >= 11 is 0. The van der Waals surface area contributed by atoms with Gasteiger partial charge in [0.1, 0.15) is 0 Å². The van der Waals surface area contributed by atoms with E-state index in [2.05, 4.69) is 6.58 Å². The van der Waals surface area contributed by atoms with Crippen molar-refractivity contribution >= 4 is 0 Å². The topological polar surface area (TPSA) is 44.0 Å². The molecule has 0 bridgehead atoms. The molecule has 1 N–H and O–H groups in total. The Kier molecular flexibility index (Phi) is 2.62. The van der Waals surface area contributed by atoms with Gasteiger partial charge >= 0.3 is 0 Å². The first kappa shape index (κ1) is 8.51. The van der Waals surface area contributed by atoms with Gasteiger partial charge in [0.15, 0.2) is 0 Å². The SMILES string of the molecule is C=CC(O)c1cccc(C#N)c1. The molecule has 2 nitrogen and oxygen atoms in total. The van der Waals surface area contributed by atoms with Gasteiger partial charge < -0.3 is 5.11 Å². The Hall–Kier alpha value is -1.59. The maximum atomic E-state index is 9.32. The molecule has 0 aliphatic rings. The zero-order valence-corrected chi connectivity index (χ0v) is 6.57. The van der Waals surface area contributed by atoms with E-state index in [1.165, 1.54) is 6.08 Å². The highest BCUT2D eigenvalue weighted by Gasteiger charge is 2.01. The third kappa shape index (κ3) is 1.71. The van der Waals surface area contributed by atoms with Crippen molar-refractivity contribution in [2.45, 2.75) is 6.10 Å². The minimum absolute atomic E-state index is 0.549. The summed E-state index contributed by atoms with van der Waals surface area (Å²) in [7, 11) is 0. The molecule has 1 aromatic carbocycles. The maximum absolute atomic E-state index is 9.32. The smallest absolute Gasteiger partial charge is 0.0991 e. The maximum Gasteiger partial charge on any atom is 0.0991 e. The van der Waals surface area contributed by atoms with Gasteiger partial charge in [-0.2, -0.15) is 5.26 Å². The second-order valence-electron chi connectivity index (χ2n) is 2.42. The summed E-state index contributed by atoms with van der Waals surface area (Å²) in [5.41, 5.74) is 1.25. The zero-order valence-electron chi connectivity index (χ0n) is 6.57. The van der Waals surface area contributed by atoms with Crippen molar-refractivity contribution in [3.8, 4) is 6.07 Å². The van der Waals surface area contributed by atoms with Gasteiger partial charge in [-0.25, -0.2) is 0 Å². The van der Waals surface area contributed by atoms with Crippen LogP contribution in [0.3, 0.4) is 0 Å². The van der Waals surface area contributed by atoms with E-state index in [4.69, 9.17) is 5.26 Å². The Labute approximate surface area is 71.4 Å². The summed E-state index contributed by atoms with van der Waals surface area (Å²) < 4.78 is 0. The summed E-state index contributed by atoms with van der Waals surface area (Å²) in [6.45, 7) is 3.46. The minimum Gasteiger partial charge on any atom is -0.384 e. The van der Waals surface area contributed by atoms with Crippen molar-refractivity contribution in [2.24, 2.45) is 0 Å². The Balaban J connectivity index is 3.03. The molecular weight excluding hydrogens is 150 g/mol. The van der Waals surface area contributed by atoms with E-state index in [9.17, 15) is 5.11 Å². The highest BCUT2D eigenvalue weighted by molar-refractivity contribution is 5.34. The quantitative estimate of drug-likeness (QED) is 0.668.